The van der Waals surface area contributed by atoms with E-state index in [1.807, 2.05) is 24.3 Å². The van der Waals surface area contributed by atoms with Gasteiger partial charge in [-0.1, -0.05) is 18.2 Å². The molecule has 6 heteroatoms. The molecule has 2 aromatic rings. The van der Waals surface area contributed by atoms with Gasteiger partial charge in [0.15, 0.2) is 0 Å². The lowest BCUT2D eigenvalue weighted by molar-refractivity contribution is -0.162. The molecule has 0 bridgehead atoms. The van der Waals surface area contributed by atoms with Crippen LogP contribution in [0.25, 0.3) is 0 Å². The molecule has 1 N–H and O–H groups in total. The normalized spacial score (nSPS) is 15.5. The predicted octanol–water partition coefficient (Wildman–Crippen LogP) is 2.74. The third-order valence-corrected chi connectivity index (χ3v) is 4.31. The number of carbonyl (C=O) groups excluding carboxylic acids is 1. The molecule has 0 aliphatic carbocycles. The van der Waals surface area contributed by atoms with Gasteiger partial charge < -0.3 is 14.7 Å². The van der Waals surface area contributed by atoms with E-state index in [4.69, 9.17) is 4.74 Å². The van der Waals surface area contributed by atoms with Crippen LogP contribution in [0.4, 0.5) is 0 Å². The number of terminal acetylenes is 1. The second kappa shape index (κ2) is 9.15. The lowest BCUT2D eigenvalue weighted by atomic mass is 9.96. The second-order valence-corrected chi connectivity index (χ2v) is 6.65. The van der Waals surface area contributed by atoms with Crippen molar-refractivity contribution >= 4 is 5.91 Å². The molecule has 3 rings (SSSR count). The van der Waals surface area contributed by atoms with Crippen LogP contribution in [-0.2, 0) is 11.2 Å². The highest BCUT2D eigenvalue weighted by atomic mass is 16.5. The Bertz CT molecular complexity index is 769. The lowest BCUT2D eigenvalue weighted by Gasteiger charge is -2.42. The lowest BCUT2D eigenvalue weighted by Crippen LogP contribution is -2.50. The Balaban J connectivity index is 0.00000126. The number of aliphatic hydroxyl groups is 1. The maximum atomic E-state index is 12.9. The Morgan fingerprint density at radius 3 is 2.74 bits per heavy atom. The van der Waals surface area contributed by atoms with E-state index in [-0.39, 0.29) is 18.4 Å². The summed E-state index contributed by atoms with van der Waals surface area (Å²) in [6.07, 6.45) is 14.3. The number of amides is 1. The standard InChI is InChI=1S/C19H23N3O3.C2H2/c1-19(2,24)22(18(23)8-7-14-13-20-10-11-21-14)16-9-12-25-17-6-4-3-5-15(16)17;1-2/h3-6,10-11,13,16,24H,7-9,12H2,1-2H3;1-2H/t16-;/m1./s1. The third kappa shape index (κ3) is 5.05. The molecule has 0 saturated heterocycles. The van der Waals surface area contributed by atoms with Gasteiger partial charge in [0.2, 0.25) is 5.91 Å². The van der Waals surface area contributed by atoms with Crippen LogP contribution < -0.4 is 4.74 Å². The van der Waals surface area contributed by atoms with Crippen LogP contribution >= 0.6 is 0 Å². The Kier molecular flexibility index (Phi) is 6.91. The summed E-state index contributed by atoms with van der Waals surface area (Å²) in [7, 11) is 0. The first-order valence-electron chi connectivity index (χ1n) is 8.81. The number of carbonyl (C=O) groups is 1. The summed E-state index contributed by atoms with van der Waals surface area (Å²) < 4.78 is 5.69. The smallest absolute Gasteiger partial charge is 0.225 e. The highest BCUT2D eigenvalue weighted by molar-refractivity contribution is 5.77. The number of nitrogens with zero attached hydrogens (tertiary/aromatic N) is 3. The molecule has 0 spiro atoms. The summed E-state index contributed by atoms with van der Waals surface area (Å²) in [6, 6.07) is 7.47. The molecule has 0 radical (unpaired) electrons. The van der Waals surface area contributed by atoms with Gasteiger partial charge in [0.25, 0.3) is 0 Å². The van der Waals surface area contributed by atoms with E-state index < -0.39 is 5.72 Å². The Morgan fingerprint density at radius 2 is 2.07 bits per heavy atom. The number of ether oxygens (including phenoxy) is 1. The average Bonchev–Trinajstić information content (AvgIpc) is 2.68. The van der Waals surface area contributed by atoms with Crippen LogP contribution in [0.1, 0.15) is 44.0 Å². The SMILES string of the molecule is C#C.CC(C)(O)N(C(=O)CCc1cnccn1)[C@@H]1CCOc2ccccc21. The van der Waals surface area contributed by atoms with Crippen molar-refractivity contribution in [1.29, 1.82) is 0 Å². The number of hydrogen-bond donors (Lipinski definition) is 1. The number of aromatic nitrogens is 2. The Labute approximate surface area is 160 Å². The zero-order valence-corrected chi connectivity index (χ0v) is 15.7. The third-order valence-electron chi connectivity index (χ3n) is 4.31. The molecule has 1 amide bonds. The second-order valence-electron chi connectivity index (χ2n) is 6.65. The van der Waals surface area contributed by atoms with E-state index in [0.29, 0.717) is 19.4 Å². The molecule has 1 aromatic carbocycles. The predicted molar refractivity (Wildman–Crippen MR) is 103 cm³/mol. The first kappa shape index (κ1) is 20.4. The monoisotopic (exact) mass is 367 g/mol. The van der Waals surface area contributed by atoms with Crippen molar-refractivity contribution in [2.24, 2.45) is 0 Å². The summed E-state index contributed by atoms with van der Waals surface area (Å²) in [5.74, 6) is 0.662. The summed E-state index contributed by atoms with van der Waals surface area (Å²) in [5, 5.41) is 10.7. The van der Waals surface area contributed by atoms with Crippen LogP contribution in [0.5, 0.6) is 5.75 Å². The van der Waals surface area contributed by atoms with Gasteiger partial charge in [0, 0.05) is 37.0 Å². The first-order valence-corrected chi connectivity index (χ1v) is 8.81. The maximum Gasteiger partial charge on any atom is 0.225 e. The van der Waals surface area contributed by atoms with Crippen molar-refractivity contribution in [3.05, 3.63) is 54.1 Å². The quantitative estimate of drug-likeness (QED) is 0.650. The van der Waals surface area contributed by atoms with E-state index in [2.05, 4.69) is 22.8 Å². The van der Waals surface area contributed by atoms with Crippen molar-refractivity contribution in [3.63, 3.8) is 0 Å². The zero-order chi connectivity index (χ0) is 19.9. The average molecular weight is 367 g/mol. The van der Waals surface area contributed by atoms with Crippen LogP contribution in [0.3, 0.4) is 0 Å². The van der Waals surface area contributed by atoms with Crippen molar-refractivity contribution in [2.75, 3.05) is 6.61 Å². The van der Waals surface area contributed by atoms with Crippen molar-refractivity contribution in [2.45, 2.75) is 44.9 Å². The van der Waals surface area contributed by atoms with Gasteiger partial charge in [-0.25, -0.2) is 0 Å². The van der Waals surface area contributed by atoms with Crippen molar-refractivity contribution in [1.82, 2.24) is 14.9 Å². The van der Waals surface area contributed by atoms with Gasteiger partial charge in [-0.15, -0.1) is 12.8 Å². The molecule has 0 unspecified atom stereocenters. The molecule has 142 valence electrons. The number of aryl methyl sites for hydroxylation is 1. The molecular formula is C21H25N3O3. The van der Waals surface area contributed by atoms with Gasteiger partial charge >= 0.3 is 0 Å². The largest absolute Gasteiger partial charge is 0.493 e. The summed E-state index contributed by atoms with van der Waals surface area (Å²) in [6.45, 7) is 3.81. The van der Waals surface area contributed by atoms with Gasteiger partial charge in [0.05, 0.1) is 18.3 Å². The van der Waals surface area contributed by atoms with Crippen LogP contribution in [-0.4, -0.2) is 38.2 Å². The summed E-state index contributed by atoms with van der Waals surface area (Å²) in [4.78, 5) is 22.8. The Hall–Kier alpha value is -2.91. The molecule has 0 fully saturated rings. The van der Waals surface area contributed by atoms with E-state index in [1.54, 1.807) is 37.3 Å². The molecular weight excluding hydrogens is 342 g/mol. The molecule has 1 aromatic heterocycles. The first-order chi connectivity index (χ1) is 13.0. The fraction of sp³-hybridized carbons (Fsp3) is 0.381. The number of hydrogen-bond acceptors (Lipinski definition) is 5. The molecule has 1 aliphatic rings. The van der Waals surface area contributed by atoms with Crippen LogP contribution in [0.15, 0.2) is 42.9 Å². The molecule has 0 saturated carbocycles. The van der Waals surface area contributed by atoms with Crippen LogP contribution in [0, 0.1) is 12.8 Å². The van der Waals surface area contributed by atoms with E-state index >= 15 is 0 Å². The summed E-state index contributed by atoms with van der Waals surface area (Å²) in [5.41, 5.74) is 0.428. The number of rotatable bonds is 5. The van der Waals surface area contributed by atoms with Crippen molar-refractivity contribution in [3.8, 4) is 18.6 Å². The molecule has 2 heterocycles. The maximum absolute atomic E-state index is 12.9. The minimum absolute atomic E-state index is 0.111. The number of para-hydroxylation sites is 1. The summed E-state index contributed by atoms with van der Waals surface area (Å²) >= 11 is 0. The fourth-order valence-corrected chi connectivity index (χ4v) is 3.27. The van der Waals surface area contributed by atoms with Gasteiger partial charge in [-0.2, -0.15) is 0 Å². The zero-order valence-electron chi connectivity index (χ0n) is 15.7. The minimum Gasteiger partial charge on any atom is -0.493 e. The van der Waals surface area contributed by atoms with E-state index in [1.165, 1.54) is 0 Å². The number of benzene rings is 1. The van der Waals surface area contributed by atoms with E-state index in [0.717, 1.165) is 17.0 Å². The van der Waals surface area contributed by atoms with Gasteiger partial charge in [0.1, 0.15) is 11.5 Å². The minimum atomic E-state index is -1.27. The van der Waals surface area contributed by atoms with Gasteiger partial charge in [-0.05, 0) is 26.3 Å². The molecule has 27 heavy (non-hydrogen) atoms. The Morgan fingerprint density at radius 1 is 1.33 bits per heavy atom. The molecule has 1 aliphatic heterocycles. The highest BCUT2D eigenvalue weighted by Crippen LogP contribution is 2.38. The van der Waals surface area contributed by atoms with E-state index in [9.17, 15) is 9.90 Å². The van der Waals surface area contributed by atoms with Crippen LogP contribution in [0.2, 0.25) is 0 Å². The molecule has 6 nitrogen and oxygen atoms in total. The topological polar surface area (TPSA) is 75.5 Å². The fourth-order valence-electron chi connectivity index (χ4n) is 3.27. The molecule has 1 atom stereocenters. The highest BCUT2D eigenvalue weighted by Gasteiger charge is 2.37. The number of fused-ring (bicyclic) bond motifs is 1. The van der Waals surface area contributed by atoms with Gasteiger partial charge in [-0.3, -0.25) is 14.8 Å². The van der Waals surface area contributed by atoms with Crippen molar-refractivity contribution < 1.29 is 14.6 Å².